The predicted octanol–water partition coefficient (Wildman–Crippen LogP) is 0.871. The molecule has 2 aliphatic heterocycles. The molecule has 0 bridgehead atoms. The minimum absolute atomic E-state index is 0.0602. The lowest BCUT2D eigenvalue weighted by atomic mass is 10.1. The van der Waals surface area contributed by atoms with Gasteiger partial charge in [-0.15, -0.1) is 0 Å². The van der Waals surface area contributed by atoms with Gasteiger partial charge in [0.15, 0.2) is 0 Å². The number of esters is 1. The van der Waals surface area contributed by atoms with Gasteiger partial charge in [-0.1, -0.05) is 0 Å². The van der Waals surface area contributed by atoms with Gasteiger partial charge in [0.05, 0.1) is 6.10 Å². The Labute approximate surface area is 65.7 Å². The molecule has 2 heterocycles. The van der Waals surface area contributed by atoms with Crippen LogP contribution < -0.4 is 0 Å². The van der Waals surface area contributed by atoms with E-state index in [-0.39, 0.29) is 18.2 Å². The van der Waals surface area contributed by atoms with Gasteiger partial charge < -0.3 is 9.47 Å². The van der Waals surface area contributed by atoms with Gasteiger partial charge in [0.25, 0.3) is 0 Å². The Morgan fingerprint density at radius 2 is 2.18 bits per heavy atom. The molecule has 2 aliphatic rings. The molecule has 0 amide bonds. The lowest BCUT2D eigenvalue weighted by Crippen LogP contribution is -2.24. The van der Waals surface area contributed by atoms with Crippen molar-refractivity contribution in [3.05, 3.63) is 0 Å². The molecule has 0 spiro atoms. The maximum Gasteiger partial charge on any atom is 0.306 e. The smallest absolute Gasteiger partial charge is 0.306 e. The van der Waals surface area contributed by atoms with Crippen LogP contribution in [0.15, 0.2) is 0 Å². The maximum atomic E-state index is 10.7. The van der Waals surface area contributed by atoms with Crippen molar-refractivity contribution in [2.75, 3.05) is 6.61 Å². The Morgan fingerprint density at radius 3 is 2.73 bits per heavy atom. The first-order valence-corrected chi connectivity index (χ1v) is 4.17. The molecule has 62 valence electrons. The van der Waals surface area contributed by atoms with E-state index in [1.165, 1.54) is 0 Å². The highest BCUT2D eigenvalue weighted by Gasteiger charge is 2.33. The summed E-state index contributed by atoms with van der Waals surface area (Å²) in [5, 5.41) is 0. The number of hydrogen-bond donors (Lipinski definition) is 0. The molecule has 3 nitrogen and oxygen atoms in total. The van der Waals surface area contributed by atoms with Gasteiger partial charge in [0.1, 0.15) is 6.10 Å². The van der Waals surface area contributed by atoms with Gasteiger partial charge in [0.2, 0.25) is 0 Å². The topological polar surface area (TPSA) is 35.5 Å². The van der Waals surface area contributed by atoms with E-state index in [4.69, 9.17) is 9.47 Å². The van der Waals surface area contributed by atoms with E-state index in [0.29, 0.717) is 6.42 Å². The first-order valence-electron chi connectivity index (χ1n) is 4.17. The summed E-state index contributed by atoms with van der Waals surface area (Å²) in [5.41, 5.74) is 0. The fourth-order valence-electron chi connectivity index (χ4n) is 1.70. The second-order valence-electron chi connectivity index (χ2n) is 3.12. The Bertz CT molecular complexity index is 161. The van der Waals surface area contributed by atoms with Crippen LogP contribution in [0.25, 0.3) is 0 Å². The molecule has 0 aromatic rings. The van der Waals surface area contributed by atoms with Crippen LogP contribution in [0.4, 0.5) is 0 Å². The van der Waals surface area contributed by atoms with Gasteiger partial charge in [-0.2, -0.15) is 0 Å². The zero-order valence-electron chi connectivity index (χ0n) is 6.41. The number of hydrogen-bond acceptors (Lipinski definition) is 3. The second kappa shape index (κ2) is 2.81. The van der Waals surface area contributed by atoms with E-state index >= 15 is 0 Å². The third-order valence-electron chi connectivity index (χ3n) is 2.30. The van der Waals surface area contributed by atoms with Gasteiger partial charge in [-0.3, -0.25) is 4.79 Å². The van der Waals surface area contributed by atoms with Crippen molar-refractivity contribution in [3.63, 3.8) is 0 Å². The van der Waals surface area contributed by atoms with Gasteiger partial charge in [0, 0.05) is 13.0 Å². The highest BCUT2D eigenvalue weighted by Crippen LogP contribution is 2.25. The summed E-state index contributed by atoms with van der Waals surface area (Å²) in [7, 11) is 0. The summed E-state index contributed by atoms with van der Waals surface area (Å²) < 4.78 is 10.5. The van der Waals surface area contributed by atoms with Crippen molar-refractivity contribution < 1.29 is 14.3 Å². The summed E-state index contributed by atoms with van der Waals surface area (Å²) in [6, 6.07) is 0. The standard InChI is InChI=1S/C8H12O3/c9-8-4-3-7(11-8)6-2-1-5-10-6/h6-7H,1-5H2. The average molecular weight is 156 g/mol. The molecule has 0 saturated carbocycles. The normalized spacial score (nSPS) is 37.6. The first kappa shape index (κ1) is 7.10. The predicted molar refractivity (Wildman–Crippen MR) is 38.1 cm³/mol. The molecule has 0 aromatic heterocycles. The van der Waals surface area contributed by atoms with Crippen LogP contribution in [0.1, 0.15) is 25.7 Å². The minimum atomic E-state index is -0.0644. The van der Waals surface area contributed by atoms with Gasteiger partial charge >= 0.3 is 5.97 Å². The summed E-state index contributed by atoms with van der Waals surface area (Å²) in [5.74, 6) is -0.0644. The summed E-state index contributed by atoms with van der Waals surface area (Å²) in [4.78, 5) is 10.7. The number of carbonyl (C=O) groups excluding carboxylic acids is 1. The lowest BCUT2D eigenvalue weighted by molar-refractivity contribution is -0.145. The molecule has 2 saturated heterocycles. The molecule has 2 unspecified atom stereocenters. The maximum absolute atomic E-state index is 10.7. The molecule has 0 aromatic carbocycles. The summed E-state index contributed by atoms with van der Waals surface area (Å²) in [6.07, 6.45) is 3.84. The lowest BCUT2D eigenvalue weighted by Gasteiger charge is -2.15. The van der Waals surface area contributed by atoms with Gasteiger partial charge in [-0.05, 0) is 19.3 Å². The van der Waals surface area contributed by atoms with Crippen LogP contribution >= 0.6 is 0 Å². The molecule has 11 heavy (non-hydrogen) atoms. The fourth-order valence-corrected chi connectivity index (χ4v) is 1.70. The van der Waals surface area contributed by atoms with Crippen molar-refractivity contribution in [2.24, 2.45) is 0 Å². The quantitative estimate of drug-likeness (QED) is 0.528. The zero-order valence-corrected chi connectivity index (χ0v) is 6.41. The molecular weight excluding hydrogens is 144 g/mol. The molecule has 3 heteroatoms. The molecule has 0 aliphatic carbocycles. The van der Waals surface area contributed by atoms with E-state index in [2.05, 4.69) is 0 Å². The Hall–Kier alpha value is -0.570. The summed E-state index contributed by atoms with van der Waals surface area (Å²) >= 11 is 0. The van der Waals surface area contributed by atoms with E-state index in [1.54, 1.807) is 0 Å². The number of ether oxygens (including phenoxy) is 2. The average Bonchev–Trinajstić information content (AvgIpc) is 2.55. The van der Waals surface area contributed by atoms with Crippen LogP contribution in [0, 0.1) is 0 Å². The van der Waals surface area contributed by atoms with Crippen LogP contribution in [0.3, 0.4) is 0 Å². The molecule has 2 atom stereocenters. The zero-order chi connectivity index (χ0) is 7.68. The Morgan fingerprint density at radius 1 is 1.27 bits per heavy atom. The molecule has 2 fully saturated rings. The third-order valence-corrected chi connectivity index (χ3v) is 2.30. The Kier molecular flexibility index (Phi) is 1.82. The molecular formula is C8H12O3. The highest BCUT2D eigenvalue weighted by atomic mass is 16.6. The van der Waals surface area contributed by atoms with Crippen molar-refractivity contribution in [2.45, 2.75) is 37.9 Å². The molecule has 0 radical (unpaired) electrons. The van der Waals surface area contributed by atoms with Crippen molar-refractivity contribution in [1.29, 1.82) is 0 Å². The first-order chi connectivity index (χ1) is 5.36. The molecule has 0 N–H and O–H groups in total. The largest absolute Gasteiger partial charge is 0.460 e. The second-order valence-corrected chi connectivity index (χ2v) is 3.12. The van der Waals surface area contributed by atoms with E-state index in [1.807, 2.05) is 0 Å². The van der Waals surface area contributed by atoms with Crippen molar-refractivity contribution >= 4 is 5.97 Å². The van der Waals surface area contributed by atoms with Crippen LogP contribution in [0.2, 0.25) is 0 Å². The molecule has 2 rings (SSSR count). The van der Waals surface area contributed by atoms with Crippen LogP contribution in [0.5, 0.6) is 0 Å². The third kappa shape index (κ3) is 1.38. The van der Waals surface area contributed by atoms with Crippen molar-refractivity contribution in [1.82, 2.24) is 0 Å². The van der Waals surface area contributed by atoms with Crippen LogP contribution in [-0.4, -0.2) is 24.8 Å². The highest BCUT2D eigenvalue weighted by molar-refractivity contribution is 5.71. The fraction of sp³-hybridized carbons (Fsp3) is 0.875. The Balaban J connectivity index is 1.90. The number of rotatable bonds is 1. The van der Waals surface area contributed by atoms with Crippen molar-refractivity contribution in [3.8, 4) is 0 Å². The van der Waals surface area contributed by atoms with E-state index in [9.17, 15) is 4.79 Å². The van der Waals surface area contributed by atoms with Gasteiger partial charge in [-0.25, -0.2) is 0 Å². The SMILES string of the molecule is O=C1CCC(C2CCCO2)O1. The van der Waals surface area contributed by atoms with E-state index in [0.717, 1.165) is 25.9 Å². The van der Waals surface area contributed by atoms with Crippen LogP contribution in [-0.2, 0) is 14.3 Å². The number of carbonyl (C=O) groups is 1. The minimum Gasteiger partial charge on any atom is -0.460 e. The monoisotopic (exact) mass is 156 g/mol. The van der Waals surface area contributed by atoms with E-state index < -0.39 is 0 Å². The number of cyclic esters (lactones) is 1. The summed E-state index contributed by atoms with van der Waals surface area (Å²) in [6.45, 7) is 0.832.